The van der Waals surface area contributed by atoms with Crippen LogP contribution in [0, 0.1) is 4.91 Å². The van der Waals surface area contributed by atoms with Gasteiger partial charge in [-0.25, -0.2) is 5.01 Å². The molecule has 1 aliphatic heterocycles. The SMILES string of the molecule is O=NN1CC=CC[C@H]1c1cccnc1. The van der Waals surface area contributed by atoms with E-state index in [0.29, 0.717) is 6.54 Å². The fraction of sp³-hybridized carbons (Fsp3) is 0.300. The van der Waals surface area contributed by atoms with Gasteiger partial charge in [0.25, 0.3) is 0 Å². The van der Waals surface area contributed by atoms with Crippen LogP contribution in [0.25, 0.3) is 0 Å². The Labute approximate surface area is 82.2 Å². The second-order valence-electron chi connectivity index (χ2n) is 3.21. The lowest BCUT2D eigenvalue weighted by molar-refractivity contribution is 0.216. The summed E-state index contributed by atoms with van der Waals surface area (Å²) < 4.78 is 0. The highest BCUT2D eigenvalue weighted by Gasteiger charge is 2.20. The minimum atomic E-state index is 0.0474. The molecule has 2 rings (SSSR count). The van der Waals surface area contributed by atoms with Crippen molar-refractivity contribution in [3.63, 3.8) is 0 Å². The van der Waals surface area contributed by atoms with Gasteiger partial charge in [-0.05, 0) is 18.1 Å². The molecule has 0 unspecified atom stereocenters. The number of nitrogens with zero attached hydrogens (tertiary/aromatic N) is 3. The third-order valence-corrected chi connectivity index (χ3v) is 2.35. The molecule has 72 valence electrons. The predicted octanol–water partition coefficient (Wildman–Crippen LogP) is 2.07. The summed E-state index contributed by atoms with van der Waals surface area (Å²) in [6.07, 6.45) is 8.34. The van der Waals surface area contributed by atoms with Gasteiger partial charge in [0.05, 0.1) is 17.9 Å². The summed E-state index contributed by atoms with van der Waals surface area (Å²) in [5.41, 5.74) is 1.04. The van der Waals surface area contributed by atoms with Gasteiger partial charge in [-0.3, -0.25) is 4.98 Å². The Balaban J connectivity index is 2.24. The predicted molar refractivity (Wildman–Crippen MR) is 53.2 cm³/mol. The number of nitroso groups, excluding NO2 is 1. The number of hydrogen-bond donors (Lipinski definition) is 0. The Morgan fingerprint density at radius 1 is 1.50 bits per heavy atom. The third-order valence-electron chi connectivity index (χ3n) is 2.35. The van der Waals surface area contributed by atoms with Gasteiger partial charge in [-0.15, -0.1) is 4.91 Å². The summed E-state index contributed by atoms with van der Waals surface area (Å²) in [5.74, 6) is 0. The summed E-state index contributed by atoms with van der Waals surface area (Å²) >= 11 is 0. The van der Waals surface area contributed by atoms with Gasteiger partial charge >= 0.3 is 0 Å². The maximum atomic E-state index is 10.6. The Hall–Kier alpha value is -1.71. The second kappa shape index (κ2) is 4.00. The van der Waals surface area contributed by atoms with Crippen LogP contribution in [0.2, 0.25) is 0 Å². The summed E-state index contributed by atoms with van der Waals surface area (Å²) in [6, 6.07) is 3.89. The van der Waals surface area contributed by atoms with Crippen molar-refractivity contribution in [3.8, 4) is 0 Å². The van der Waals surface area contributed by atoms with Gasteiger partial charge in [0, 0.05) is 12.4 Å². The van der Waals surface area contributed by atoms with Gasteiger partial charge in [-0.1, -0.05) is 18.2 Å². The van der Waals surface area contributed by atoms with Crippen LogP contribution in [0.1, 0.15) is 18.0 Å². The van der Waals surface area contributed by atoms with Crippen molar-refractivity contribution in [2.75, 3.05) is 6.54 Å². The molecule has 0 spiro atoms. The molecule has 2 heterocycles. The van der Waals surface area contributed by atoms with Crippen molar-refractivity contribution in [3.05, 3.63) is 47.1 Å². The zero-order valence-electron chi connectivity index (χ0n) is 7.71. The summed E-state index contributed by atoms with van der Waals surface area (Å²) in [6.45, 7) is 0.586. The van der Waals surface area contributed by atoms with Crippen LogP contribution >= 0.6 is 0 Å². The topological polar surface area (TPSA) is 45.6 Å². The molecule has 4 heteroatoms. The Bertz CT molecular complexity index is 336. The first-order valence-corrected chi connectivity index (χ1v) is 4.56. The molecule has 0 N–H and O–H groups in total. The minimum absolute atomic E-state index is 0.0474. The minimum Gasteiger partial charge on any atom is -0.264 e. The van der Waals surface area contributed by atoms with Crippen LogP contribution in [-0.2, 0) is 0 Å². The van der Waals surface area contributed by atoms with Crippen LogP contribution in [0.3, 0.4) is 0 Å². The van der Waals surface area contributed by atoms with E-state index >= 15 is 0 Å². The van der Waals surface area contributed by atoms with Crippen LogP contribution in [0.15, 0.2) is 42.0 Å². The molecule has 4 nitrogen and oxygen atoms in total. The zero-order valence-corrected chi connectivity index (χ0v) is 7.71. The largest absolute Gasteiger partial charge is 0.264 e. The van der Waals surface area contributed by atoms with E-state index in [4.69, 9.17) is 0 Å². The maximum Gasteiger partial charge on any atom is 0.0804 e. The molecule has 1 aromatic rings. The van der Waals surface area contributed by atoms with E-state index in [9.17, 15) is 4.91 Å². The van der Waals surface area contributed by atoms with Crippen molar-refractivity contribution < 1.29 is 0 Å². The first-order chi connectivity index (χ1) is 6.92. The van der Waals surface area contributed by atoms with Gasteiger partial charge in [0.15, 0.2) is 0 Å². The molecule has 0 aromatic carbocycles. The molecule has 0 saturated heterocycles. The molecule has 1 atom stereocenters. The lowest BCUT2D eigenvalue weighted by atomic mass is 10.0. The highest BCUT2D eigenvalue weighted by Crippen LogP contribution is 2.26. The molecule has 0 fully saturated rings. The van der Waals surface area contributed by atoms with E-state index in [1.165, 1.54) is 5.01 Å². The standard InChI is InChI=1S/C10H11N3O/c14-12-13-7-2-1-5-10(13)9-4-3-6-11-8-9/h1-4,6,8,10H,5,7H2/t10-/m0/s1. The summed E-state index contributed by atoms with van der Waals surface area (Å²) in [7, 11) is 0. The molecule has 0 saturated carbocycles. The fourth-order valence-corrected chi connectivity index (χ4v) is 1.63. The molecule has 0 radical (unpaired) electrons. The van der Waals surface area contributed by atoms with Crippen molar-refractivity contribution in [2.45, 2.75) is 12.5 Å². The van der Waals surface area contributed by atoms with Crippen molar-refractivity contribution in [1.82, 2.24) is 9.99 Å². The van der Waals surface area contributed by atoms with Crippen molar-refractivity contribution in [1.29, 1.82) is 0 Å². The van der Waals surface area contributed by atoms with E-state index in [-0.39, 0.29) is 6.04 Å². The molecule has 0 aliphatic carbocycles. The summed E-state index contributed by atoms with van der Waals surface area (Å²) in [5, 5.41) is 4.55. The molecular weight excluding hydrogens is 178 g/mol. The van der Waals surface area contributed by atoms with Gasteiger partial charge in [0.2, 0.25) is 0 Å². The van der Waals surface area contributed by atoms with E-state index in [2.05, 4.69) is 16.3 Å². The van der Waals surface area contributed by atoms with Crippen LogP contribution in [0.5, 0.6) is 0 Å². The normalized spacial score (nSPS) is 20.9. The van der Waals surface area contributed by atoms with Crippen LogP contribution in [0.4, 0.5) is 0 Å². The van der Waals surface area contributed by atoms with E-state index in [0.717, 1.165) is 12.0 Å². The molecule has 0 amide bonds. The maximum absolute atomic E-state index is 10.6. The zero-order chi connectivity index (χ0) is 9.80. The first kappa shape index (κ1) is 8.87. The molecular formula is C10H11N3O. The number of rotatable bonds is 2. The van der Waals surface area contributed by atoms with Crippen molar-refractivity contribution >= 4 is 0 Å². The van der Waals surface area contributed by atoms with Crippen molar-refractivity contribution in [2.24, 2.45) is 5.29 Å². The molecule has 14 heavy (non-hydrogen) atoms. The van der Waals surface area contributed by atoms with E-state index in [1.807, 2.05) is 18.2 Å². The molecule has 0 bridgehead atoms. The van der Waals surface area contributed by atoms with Gasteiger partial charge < -0.3 is 0 Å². The first-order valence-electron chi connectivity index (χ1n) is 4.56. The number of hydrogen-bond acceptors (Lipinski definition) is 3. The monoisotopic (exact) mass is 189 g/mol. The lowest BCUT2D eigenvalue weighted by Crippen LogP contribution is -2.25. The van der Waals surface area contributed by atoms with Gasteiger partial charge in [0.1, 0.15) is 0 Å². The second-order valence-corrected chi connectivity index (χ2v) is 3.21. The lowest BCUT2D eigenvalue weighted by Gasteiger charge is -2.27. The average Bonchev–Trinajstić information content (AvgIpc) is 2.30. The smallest absolute Gasteiger partial charge is 0.0804 e. The Morgan fingerprint density at radius 3 is 3.14 bits per heavy atom. The Morgan fingerprint density at radius 2 is 2.43 bits per heavy atom. The third kappa shape index (κ3) is 1.64. The average molecular weight is 189 g/mol. The quantitative estimate of drug-likeness (QED) is 0.528. The molecule has 1 aromatic heterocycles. The number of aromatic nitrogens is 1. The van der Waals surface area contributed by atoms with Gasteiger partial charge in [-0.2, -0.15) is 0 Å². The Kier molecular flexibility index (Phi) is 2.53. The highest BCUT2D eigenvalue weighted by atomic mass is 16.3. The number of pyridine rings is 1. The van der Waals surface area contributed by atoms with Crippen LogP contribution in [-0.4, -0.2) is 16.5 Å². The summed E-state index contributed by atoms with van der Waals surface area (Å²) in [4.78, 5) is 14.6. The van der Waals surface area contributed by atoms with Crippen LogP contribution < -0.4 is 0 Å². The van der Waals surface area contributed by atoms with E-state index in [1.54, 1.807) is 12.4 Å². The highest BCUT2D eigenvalue weighted by molar-refractivity contribution is 5.16. The molecule has 1 aliphatic rings. The van der Waals surface area contributed by atoms with E-state index < -0.39 is 0 Å². The fourth-order valence-electron chi connectivity index (χ4n) is 1.63.